The van der Waals surface area contributed by atoms with Crippen molar-refractivity contribution < 1.29 is 14.3 Å². The number of hydrogen-bond acceptors (Lipinski definition) is 5. The predicted octanol–water partition coefficient (Wildman–Crippen LogP) is 2.85. The number of nitrogens with one attached hydrogen (secondary N) is 1. The lowest BCUT2D eigenvalue weighted by atomic mass is 10.2. The summed E-state index contributed by atoms with van der Waals surface area (Å²) in [5.41, 5.74) is 2.02. The quantitative estimate of drug-likeness (QED) is 0.797. The van der Waals surface area contributed by atoms with Crippen LogP contribution in [-0.4, -0.2) is 62.7 Å². The molecule has 1 fully saturated rings. The number of benzene rings is 2. The van der Waals surface area contributed by atoms with E-state index in [1.54, 1.807) is 32.4 Å². The van der Waals surface area contributed by atoms with Gasteiger partial charge >= 0.3 is 0 Å². The molecule has 0 aliphatic carbocycles. The Bertz CT molecular complexity index is 745. The van der Waals surface area contributed by atoms with E-state index in [4.69, 9.17) is 9.47 Å². The molecule has 1 aliphatic rings. The van der Waals surface area contributed by atoms with Gasteiger partial charge in [-0.05, 0) is 25.1 Å². The van der Waals surface area contributed by atoms with Crippen LogP contribution in [-0.2, 0) is 11.3 Å². The molecule has 0 bridgehead atoms. The Morgan fingerprint density at radius 2 is 1.57 bits per heavy atom. The SMILES string of the molecule is COc1cc(NC(=O)CN2CCCN(Cc3ccccc3)CC2)cc(OC)c1. The lowest BCUT2D eigenvalue weighted by molar-refractivity contribution is -0.117. The summed E-state index contributed by atoms with van der Waals surface area (Å²) in [6.45, 7) is 5.19. The Balaban J connectivity index is 1.51. The summed E-state index contributed by atoms with van der Waals surface area (Å²) in [6, 6.07) is 15.9. The molecular weight excluding hydrogens is 354 g/mol. The number of ether oxygens (including phenoxy) is 2. The Hall–Kier alpha value is -2.57. The monoisotopic (exact) mass is 383 g/mol. The van der Waals surface area contributed by atoms with Crippen LogP contribution in [0, 0.1) is 0 Å². The number of hydrogen-bond donors (Lipinski definition) is 1. The van der Waals surface area contributed by atoms with E-state index in [-0.39, 0.29) is 5.91 Å². The molecule has 2 aromatic carbocycles. The molecule has 0 unspecified atom stereocenters. The number of rotatable bonds is 7. The molecular formula is C22H29N3O3. The largest absolute Gasteiger partial charge is 0.497 e. The molecule has 0 atom stereocenters. The third kappa shape index (κ3) is 5.97. The van der Waals surface area contributed by atoms with Crippen molar-refractivity contribution in [1.82, 2.24) is 9.80 Å². The normalized spacial score (nSPS) is 15.6. The minimum Gasteiger partial charge on any atom is -0.497 e. The highest BCUT2D eigenvalue weighted by Gasteiger charge is 2.17. The van der Waals surface area contributed by atoms with Crippen molar-refractivity contribution in [2.45, 2.75) is 13.0 Å². The van der Waals surface area contributed by atoms with Crippen molar-refractivity contribution in [3.8, 4) is 11.5 Å². The number of carbonyl (C=O) groups is 1. The molecule has 1 aliphatic heterocycles. The van der Waals surface area contributed by atoms with Crippen molar-refractivity contribution in [2.24, 2.45) is 0 Å². The molecule has 1 heterocycles. The van der Waals surface area contributed by atoms with E-state index in [1.807, 2.05) is 6.07 Å². The fourth-order valence-corrected chi connectivity index (χ4v) is 3.47. The molecule has 1 amide bonds. The molecule has 3 rings (SSSR count). The molecule has 0 radical (unpaired) electrons. The number of nitrogens with zero attached hydrogens (tertiary/aromatic N) is 2. The molecule has 6 nitrogen and oxygen atoms in total. The highest BCUT2D eigenvalue weighted by Crippen LogP contribution is 2.25. The predicted molar refractivity (Wildman–Crippen MR) is 111 cm³/mol. The van der Waals surface area contributed by atoms with Gasteiger partial charge in [0.25, 0.3) is 0 Å². The van der Waals surface area contributed by atoms with Gasteiger partial charge in [0.1, 0.15) is 11.5 Å². The Kier molecular flexibility index (Phi) is 7.28. The minimum atomic E-state index is -0.0215. The summed E-state index contributed by atoms with van der Waals surface area (Å²) < 4.78 is 10.5. The first kappa shape index (κ1) is 20.2. The van der Waals surface area contributed by atoms with E-state index in [9.17, 15) is 4.79 Å². The van der Waals surface area contributed by atoms with Crippen LogP contribution < -0.4 is 14.8 Å². The van der Waals surface area contributed by atoms with Crippen molar-refractivity contribution in [3.63, 3.8) is 0 Å². The van der Waals surface area contributed by atoms with E-state index >= 15 is 0 Å². The van der Waals surface area contributed by atoms with Crippen LogP contribution in [0.5, 0.6) is 11.5 Å². The van der Waals surface area contributed by atoms with E-state index in [1.165, 1.54) is 5.56 Å². The summed E-state index contributed by atoms with van der Waals surface area (Å²) in [7, 11) is 3.19. The maximum atomic E-state index is 12.5. The molecule has 0 saturated carbocycles. The second-order valence-corrected chi connectivity index (χ2v) is 7.04. The third-order valence-corrected chi connectivity index (χ3v) is 4.93. The molecule has 2 aromatic rings. The molecule has 6 heteroatoms. The van der Waals surface area contributed by atoms with Gasteiger partial charge in [-0.3, -0.25) is 14.6 Å². The van der Waals surface area contributed by atoms with Crippen LogP contribution in [0.15, 0.2) is 48.5 Å². The van der Waals surface area contributed by atoms with Gasteiger partial charge in [0.15, 0.2) is 0 Å². The lowest BCUT2D eigenvalue weighted by Gasteiger charge is -2.21. The molecule has 28 heavy (non-hydrogen) atoms. The summed E-state index contributed by atoms with van der Waals surface area (Å²) >= 11 is 0. The summed E-state index contributed by atoms with van der Waals surface area (Å²) in [4.78, 5) is 17.2. The minimum absolute atomic E-state index is 0.0215. The van der Waals surface area contributed by atoms with Gasteiger partial charge in [-0.25, -0.2) is 0 Å². The van der Waals surface area contributed by atoms with E-state index < -0.39 is 0 Å². The second kappa shape index (κ2) is 10.1. The van der Waals surface area contributed by atoms with Gasteiger partial charge in [0.2, 0.25) is 5.91 Å². The first-order valence-corrected chi connectivity index (χ1v) is 9.68. The molecule has 150 valence electrons. The smallest absolute Gasteiger partial charge is 0.238 e. The van der Waals surface area contributed by atoms with Crippen molar-refractivity contribution in [1.29, 1.82) is 0 Å². The number of methoxy groups -OCH3 is 2. The maximum absolute atomic E-state index is 12.5. The second-order valence-electron chi connectivity index (χ2n) is 7.04. The summed E-state index contributed by atoms with van der Waals surface area (Å²) in [6.07, 6.45) is 1.06. The maximum Gasteiger partial charge on any atom is 0.238 e. The van der Waals surface area contributed by atoms with Gasteiger partial charge in [0, 0.05) is 43.5 Å². The van der Waals surface area contributed by atoms with Crippen LogP contribution >= 0.6 is 0 Å². The fraction of sp³-hybridized carbons (Fsp3) is 0.409. The Labute approximate surface area is 167 Å². The van der Waals surface area contributed by atoms with Crippen molar-refractivity contribution >= 4 is 11.6 Å². The zero-order valence-corrected chi connectivity index (χ0v) is 16.7. The summed E-state index contributed by atoms with van der Waals surface area (Å²) in [5.74, 6) is 1.29. The van der Waals surface area contributed by atoms with Crippen LogP contribution in [0.2, 0.25) is 0 Å². The third-order valence-electron chi connectivity index (χ3n) is 4.93. The van der Waals surface area contributed by atoms with Gasteiger partial charge in [-0.1, -0.05) is 30.3 Å². The topological polar surface area (TPSA) is 54.0 Å². The fourth-order valence-electron chi connectivity index (χ4n) is 3.47. The highest BCUT2D eigenvalue weighted by atomic mass is 16.5. The highest BCUT2D eigenvalue weighted by molar-refractivity contribution is 5.92. The number of amides is 1. The van der Waals surface area contributed by atoms with Crippen molar-refractivity contribution in [3.05, 3.63) is 54.1 Å². The van der Waals surface area contributed by atoms with Crippen LogP contribution in [0.4, 0.5) is 5.69 Å². The van der Waals surface area contributed by atoms with Crippen molar-refractivity contribution in [2.75, 3.05) is 52.3 Å². The van der Waals surface area contributed by atoms with E-state index in [0.717, 1.165) is 39.1 Å². The van der Waals surface area contributed by atoms with Crippen LogP contribution in [0.1, 0.15) is 12.0 Å². The average Bonchev–Trinajstić information content (AvgIpc) is 2.93. The first-order chi connectivity index (χ1) is 13.7. The number of carbonyl (C=O) groups excluding carboxylic acids is 1. The lowest BCUT2D eigenvalue weighted by Crippen LogP contribution is -2.36. The zero-order chi connectivity index (χ0) is 19.8. The first-order valence-electron chi connectivity index (χ1n) is 9.68. The number of anilines is 1. The van der Waals surface area contributed by atoms with Crippen LogP contribution in [0.25, 0.3) is 0 Å². The van der Waals surface area contributed by atoms with Gasteiger partial charge in [0.05, 0.1) is 20.8 Å². The Morgan fingerprint density at radius 1 is 0.929 bits per heavy atom. The van der Waals surface area contributed by atoms with Gasteiger partial charge in [-0.2, -0.15) is 0 Å². The Morgan fingerprint density at radius 3 is 2.25 bits per heavy atom. The molecule has 1 saturated heterocycles. The zero-order valence-electron chi connectivity index (χ0n) is 16.7. The van der Waals surface area contributed by atoms with Gasteiger partial charge < -0.3 is 14.8 Å². The van der Waals surface area contributed by atoms with Crippen LogP contribution in [0.3, 0.4) is 0 Å². The molecule has 1 N–H and O–H groups in total. The standard InChI is InChI=1S/C22H29N3O3/c1-27-20-13-19(14-21(15-20)28-2)23-22(26)17-25-10-6-9-24(11-12-25)16-18-7-4-3-5-8-18/h3-5,7-8,13-15H,6,9-12,16-17H2,1-2H3,(H,23,26). The molecule has 0 spiro atoms. The van der Waals surface area contributed by atoms with E-state index in [0.29, 0.717) is 23.7 Å². The average molecular weight is 383 g/mol. The van der Waals surface area contributed by atoms with E-state index in [2.05, 4.69) is 39.4 Å². The summed E-state index contributed by atoms with van der Waals surface area (Å²) in [5, 5.41) is 2.96. The molecule has 0 aromatic heterocycles. The van der Waals surface area contributed by atoms with Gasteiger partial charge in [-0.15, -0.1) is 0 Å².